The van der Waals surface area contributed by atoms with Crippen molar-refractivity contribution in [1.29, 1.82) is 0 Å². The Bertz CT molecular complexity index is 1100. The molecule has 2 aliphatic rings. The number of aromatic nitrogens is 1. The van der Waals surface area contributed by atoms with Crippen molar-refractivity contribution in [2.45, 2.75) is 44.9 Å². The van der Waals surface area contributed by atoms with E-state index in [0.29, 0.717) is 75.0 Å². The van der Waals surface area contributed by atoms with Crippen LogP contribution in [0.2, 0.25) is 0 Å². The van der Waals surface area contributed by atoms with E-state index >= 15 is 0 Å². The van der Waals surface area contributed by atoms with Gasteiger partial charge in [0.15, 0.2) is 11.5 Å². The standard InChI is InChI=1S/C25H30F3N3O4/c1-4-34-19-8-6-17(16-20(19)35-5-2)23(33)30-12-10-24(11-13-30)21-9-7-18(22(32)25(26,27)28)31(21)15-14-29(24)3/h6-9,16H,4-5,10-15H2,1-3H3. The lowest BCUT2D eigenvalue weighted by Gasteiger charge is -2.50. The number of likely N-dealkylation sites (N-methyl/N-ethyl adjacent to an activating group) is 1. The minimum atomic E-state index is -4.92. The van der Waals surface area contributed by atoms with E-state index in [2.05, 4.69) is 4.90 Å². The predicted molar refractivity (Wildman–Crippen MR) is 123 cm³/mol. The van der Waals surface area contributed by atoms with Crippen molar-refractivity contribution >= 4 is 11.7 Å². The third-order valence-corrected chi connectivity index (χ3v) is 7.01. The van der Waals surface area contributed by atoms with Gasteiger partial charge in [-0.3, -0.25) is 14.5 Å². The zero-order valence-corrected chi connectivity index (χ0v) is 20.2. The van der Waals surface area contributed by atoms with Crippen molar-refractivity contribution < 1.29 is 32.2 Å². The van der Waals surface area contributed by atoms with Crippen molar-refractivity contribution in [2.75, 3.05) is 39.9 Å². The number of Topliss-reactive ketones (excluding diaryl/α,β-unsaturated/α-hetero) is 1. The van der Waals surface area contributed by atoms with Gasteiger partial charge in [0.25, 0.3) is 11.7 Å². The molecule has 190 valence electrons. The van der Waals surface area contributed by atoms with Crippen molar-refractivity contribution in [3.8, 4) is 11.5 Å². The van der Waals surface area contributed by atoms with Gasteiger partial charge in [-0.2, -0.15) is 13.2 Å². The van der Waals surface area contributed by atoms with Gasteiger partial charge in [-0.1, -0.05) is 0 Å². The van der Waals surface area contributed by atoms with Crippen LogP contribution in [0.25, 0.3) is 0 Å². The molecule has 10 heteroatoms. The van der Waals surface area contributed by atoms with Crippen LogP contribution < -0.4 is 9.47 Å². The van der Waals surface area contributed by atoms with E-state index in [1.54, 1.807) is 29.2 Å². The zero-order chi connectivity index (χ0) is 25.4. The zero-order valence-electron chi connectivity index (χ0n) is 20.2. The first-order chi connectivity index (χ1) is 16.6. The van der Waals surface area contributed by atoms with Crippen molar-refractivity contribution in [2.24, 2.45) is 0 Å². The van der Waals surface area contributed by atoms with Crippen LogP contribution in [-0.2, 0) is 12.1 Å². The summed E-state index contributed by atoms with van der Waals surface area (Å²) in [6.45, 7) is 6.36. The number of rotatable bonds is 6. The lowest BCUT2D eigenvalue weighted by molar-refractivity contribution is -0.0892. The Morgan fingerprint density at radius 3 is 2.23 bits per heavy atom. The first-order valence-electron chi connectivity index (χ1n) is 11.8. The second kappa shape index (κ2) is 9.56. The Morgan fingerprint density at radius 2 is 1.60 bits per heavy atom. The van der Waals surface area contributed by atoms with Crippen molar-refractivity contribution in [3.63, 3.8) is 0 Å². The Morgan fingerprint density at radius 1 is 0.943 bits per heavy atom. The molecular weight excluding hydrogens is 463 g/mol. The van der Waals surface area contributed by atoms with E-state index in [4.69, 9.17) is 9.47 Å². The van der Waals surface area contributed by atoms with Crippen LogP contribution in [0.4, 0.5) is 13.2 Å². The highest BCUT2D eigenvalue weighted by Gasteiger charge is 2.47. The lowest BCUT2D eigenvalue weighted by atomic mass is 9.81. The Hall–Kier alpha value is -3.01. The second-order valence-corrected chi connectivity index (χ2v) is 8.86. The molecule has 0 aliphatic carbocycles. The first-order valence-corrected chi connectivity index (χ1v) is 11.8. The number of hydrogen-bond donors (Lipinski definition) is 0. The number of alkyl halides is 3. The first kappa shape index (κ1) is 25.1. The maximum absolute atomic E-state index is 13.3. The van der Waals surface area contributed by atoms with Crippen LogP contribution in [0.5, 0.6) is 11.5 Å². The summed E-state index contributed by atoms with van der Waals surface area (Å²) in [5, 5.41) is 0. The molecule has 0 saturated carbocycles. The van der Waals surface area contributed by atoms with Gasteiger partial charge in [0.1, 0.15) is 0 Å². The number of carbonyl (C=O) groups is 2. The number of ketones is 1. The topological polar surface area (TPSA) is 64.0 Å². The number of ether oxygens (including phenoxy) is 2. The van der Waals surface area contributed by atoms with E-state index in [1.807, 2.05) is 20.9 Å². The minimum absolute atomic E-state index is 0.134. The highest BCUT2D eigenvalue weighted by Crippen LogP contribution is 2.42. The molecule has 1 spiro atoms. The second-order valence-electron chi connectivity index (χ2n) is 8.86. The Kier molecular flexibility index (Phi) is 6.86. The van der Waals surface area contributed by atoms with Crippen LogP contribution in [-0.4, -0.2) is 72.1 Å². The fraction of sp³-hybridized carbons (Fsp3) is 0.520. The molecule has 2 aromatic rings. The van der Waals surface area contributed by atoms with Crippen molar-refractivity contribution in [3.05, 3.63) is 47.3 Å². The van der Waals surface area contributed by atoms with E-state index < -0.39 is 17.5 Å². The maximum atomic E-state index is 13.3. The number of hydrogen-bond acceptors (Lipinski definition) is 5. The molecule has 0 N–H and O–H groups in total. The number of nitrogens with zero attached hydrogens (tertiary/aromatic N) is 3. The molecule has 1 amide bonds. The molecule has 1 aromatic heterocycles. The van der Waals surface area contributed by atoms with Gasteiger partial charge in [0.05, 0.1) is 24.4 Å². The summed E-state index contributed by atoms with van der Waals surface area (Å²) in [5.41, 5.74) is 0.335. The summed E-state index contributed by atoms with van der Waals surface area (Å²) in [4.78, 5) is 29.1. The van der Waals surface area contributed by atoms with Crippen LogP contribution in [0.15, 0.2) is 30.3 Å². The van der Waals surface area contributed by atoms with E-state index in [9.17, 15) is 22.8 Å². The highest BCUT2D eigenvalue weighted by molar-refractivity contribution is 5.99. The van der Waals surface area contributed by atoms with E-state index in [-0.39, 0.29) is 11.6 Å². The van der Waals surface area contributed by atoms with Gasteiger partial charge in [-0.25, -0.2) is 0 Å². The molecule has 3 heterocycles. The molecular formula is C25H30F3N3O4. The summed E-state index contributed by atoms with van der Waals surface area (Å²) in [6, 6.07) is 8.04. The molecule has 7 nitrogen and oxygen atoms in total. The summed E-state index contributed by atoms with van der Waals surface area (Å²) in [7, 11) is 1.94. The molecule has 0 unspecified atom stereocenters. The summed E-state index contributed by atoms with van der Waals surface area (Å²) in [5.74, 6) is -0.861. The molecule has 1 fully saturated rings. The molecule has 35 heavy (non-hydrogen) atoms. The number of benzene rings is 1. The quantitative estimate of drug-likeness (QED) is 0.567. The summed E-state index contributed by atoms with van der Waals surface area (Å²) >= 11 is 0. The Balaban J connectivity index is 1.55. The maximum Gasteiger partial charge on any atom is 0.456 e. The summed E-state index contributed by atoms with van der Waals surface area (Å²) in [6.07, 6.45) is -3.82. The largest absolute Gasteiger partial charge is 0.490 e. The van der Waals surface area contributed by atoms with E-state index in [1.165, 1.54) is 10.6 Å². The van der Waals surface area contributed by atoms with Crippen LogP contribution in [0, 0.1) is 0 Å². The monoisotopic (exact) mass is 493 g/mol. The van der Waals surface area contributed by atoms with Crippen LogP contribution >= 0.6 is 0 Å². The smallest absolute Gasteiger partial charge is 0.456 e. The molecule has 0 atom stereocenters. The normalized spacial score (nSPS) is 17.8. The van der Waals surface area contributed by atoms with Gasteiger partial charge in [-0.05, 0) is 64.1 Å². The fourth-order valence-electron chi connectivity index (χ4n) is 5.20. The van der Waals surface area contributed by atoms with E-state index in [0.717, 1.165) is 0 Å². The third kappa shape index (κ3) is 4.51. The van der Waals surface area contributed by atoms with Gasteiger partial charge < -0.3 is 18.9 Å². The number of carbonyl (C=O) groups excluding carboxylic acids is 2. The molecule has 0 radical (unpaired) electrons. The third-order valence-electron chi connectivity index (χ3n) is 7.01. The van der Waals surface area contributed by atoms with Gasteiger partial charge >= 0.3 is 6.18 Å². The van der Waals surface area contributed by atoms with Gasteiger partial charge in [-0.15, -0.1) is 0 Å². The summed E-state index contributed by atoms with van der Waals surface area (Å²) < 4.78 is 52.0. The number of piperidine rings is 1. The molecule has 1 saturated heterocycles. The minimum Gasteiger partial charge on any atom is -0.490 e. The molecule has 2 aliphatic heterocycles. The highest BCUT2D eigenvalue weighted by atomic mass is 19.4. The average molecular weight is 494 g/mol. The number of fused-ring (bicyclic) bond motifs is 2. The van der Waals surface area contributed by atoms with Crippen LogP contribution in [0.1, 0.15) is 53.2 Å². The molecule has 1 aromatic carbocycles. The Labute approximate surface area is 202 Å². The number of likely N-dealkylation sites (tertiary alicyclic amines) is 1. The van der Waals surface area contributed by atoms with Crippen molar-refractivity contribution in [1.82, 2.24) is 14.4 Å². The SMILES string of the molecule is CCOc1ccc(C(=O)N2CCC3(CC2)c2ccc(C(=O)C(F)(F)F)n2CCN3C)cc1OCC. The molecule has 4 rings (SSSR count). The number of amides is 1. The lowest BCUT2D eigenvalue weighted by Crippen LogP contribution is -2.56. The van der Waals surface area contributed by atoms with Crippen LogP contribution in [0.3, 0.4) is 0 Å². The fourth-order valence-corrected chi connectivity index (χ4v) is 5.20. The average Bonchev–Trinajstić information content (AvgIpc) is 3.27. The number of halogens is 3. The predicted octanol–water partition coefficient (Wildman–Crippen LogP) is 4.11. The molecule has 0 bridgehead atoms. The van der Waals surface area contributed by atoms with Gasteiger partial charge in [0, 0.05) is 37.4 Å². The van der Waals surface area contributed by atoms with Gasteiger partial charge in [0.2, 0.25) is 0 Å².